The standard InChI is InChI=1S/C25H27N5O3/c1-25(2,3)33-24(32)19-8-6-18(7-9-19)17-29-13-10-20-16-28-21(15-22(20)23(29)31)5-4-12-30(27)14-11-26/h6-11,13-16H,12,17,26-27H2,1-3H3/b14-11-. The molecule has 2 heterocycles. The van der Waals surface area contributed by atoms with Crippen LogP contribution in [-0.4, -0.2) is 32.7 Å². The van der Waals surface area contributed by atoms with Crippen molar-refractivity contribution in [1.82, 2.24) is 14.6 Å². The Morgan fingerprint density at radius 3 is 2.64 bits per heavy atom. The quantitative estimate of drug-likeness (QED) is 0.268. The van der Waals surface area contributed by atoms with Gasteiger partial charge in [0.2, 0.25) is 0 Å². The molecule has 0 unspecified atom stereocenters. The smallest absolute Gasteiger partial charge is 0.338 e. The number of nitrogens with two attached hydrogens (primary N) is 2. The van der Waals surface area contributed by atoms with Gasteiger partial charge in [0.25, 0.3) is 5.56 Å². The van der Waals surface area contributed by atoms with E-state index in [9.17, 15) is 9.59 Å². The van der Waals surface area contributed by atoms with Crippen molar-refractivity contribution in [1.29, 1.82) is 0 Å². The maximum Gasteiger partial charge on any atom is 0.338 e. The Morgan fingerprint density at radius 1 is 1.24 bits per heavy atom. The number of aromatic nitrogens is 2. The first-order chi connectivity index (χ1) is 15.7. The summed E-state index contributed by atoms with van der Waals surface area (Å²) in [4.78, 5) is 29.5. The molecule has 2 aromatic heterocycles. The summed E-state index contributed by atoms with van der Waals surface area (Å²) in [6.45, 7) is 6.10. The van der Waals surface area contributed by atoms with Crippen LogP contribution >= 0.6 is 0 Å². The summed E-state index contributed by atoms with van der Waals surface area (Å²) in [5.41, 5.74) is 6.40. The highest BCUT2D eigenvalue weighted by Gasteiger charge is 2.17. The van der Waals surface area contributed by atoms with Gasteiger partial charge >= 0.3 is 5.97 Å². The Bertz CT molecular complexity index is 1290. The van der Waals surface area contributed by atoms with E-state index in [0.29, 0.717) is 23.2 Å². The molecule has 0 aliphatic heterocycles. The molecule has 8 heteroatoms. The number of pyridine rings is 2. The molecule has 3 aromatic rings. The van der Waals surface area contributed by atoms with E-state index >= 15 is 0 Å². The number of esters is 1. The Labute approximate surface area is 192 Å². The van der Waals surface area contributed by atoms with E-state index in [-0.39, 0.29) is 18.1 Å². The van der Waals surface area contributed by atoms with Crippen molar-refractivity contribution in [3.63, 3.8) is 0 Å². The third kappa shape index (κ3) is 6.45. The number of carbonyl (C=O) groups excluding carboxylic acids is 1. The second kappa shape index (κ2) is 10.0. The van der Waals surface area contributed by atoms with Crippen LogP contribution in [0.2, 0.25) is 0 Å². The van der Waals surface area contributed by atoms with Crippen LogP contribution < -0.4 is 17.1 Å². The van der Waals surface area contributed by atoms with Crippen LogP contribution in [0.25, 0.3) is 10.8 Å². The largest absolute Gasteiger partial charge is 0.456 e. The topological polar surface area (TPSA) is 116 Å². The fourth-order valence-electron chi connectivity index (χ4n) is 3.03. The average Bonchev–Trinajstić information content (AvgIpc) is 2.75. The van der Waals surface area contributed by atoms with E-state index in [1.807, 2.05) is 39.0 Å². The highest BCUT2D eigenvalue weighted by Crippen LogP contribution is 2.14. The maximum atomic E-state index is 13.0. The van der Waals surface area contributed by atoms with E-state index in [1.165, 1.54) is 17.4 Å². The SMILES string of the molecule is CC(C)(C)OC(=O)c1ccc(Cn2ccc3cnc(C#CCN(N)/C=C\N)cc3c2=O)cc1. The fourth-order valence-corrected chi connectivity index (χ4v) is 3.03. The lowest BCUT2D eigenvalue weighted by Gasteiger charge is -2.19. The van der Waals surface area contributed by atoms with E-state index in [1.54, 1.807) is 35.2 Å². The van der Waals surface area contributed by atoms with Crippen molar-refractivity contribution in [2.45, 2.75) is 32.9 Å². The molecule has 0 fully saturated rings. The monoisotopic (exact) mass is 445 g/mol. The molecule has 170 valence electrons. The van der Waals surface area contributed by atoms with Crippen molar-refractivity contribution >= 4 is 16.7 Å². The molecule has 8 nitrogen and oxygen atoms in total. The summed E-state index contributed by atoms with van der Waals surface area (Å²) >= 11 is 0. The molecule has 0 bridgehead atoms. The second-order valence-corrected chi connectivity index (χ2v) is 8.42. The molecule has 0 aliphatic carbocycles. The van der Waals surface area contributed by atoms with Gasteiger partial charge in [-0.2, -0.15) is 0 Å². The first-order valence-electron chi connectivity index (χ1n) is 10.4. The molecule has 0 amide bonds. The van der Waals surface area contributed by atoms with Crippen molar-refractivity contribution in [2.75, 3.05) is 6.54 Å². The molecule has 0 atom stereocenters. The van der Waals surface area contributed by atoms with E-state index in [4.69, 9.17) is 16.3 Å². The fraction of sp³-hybridized carbons (Fsp3) is 0.240. The van der Waals surface area contributed by atoms with Crippen molar-refractivity contribution < 1.29 is 9.53 Å². The number of hydrogen-bond acceptors (Lipinski definition) is 7. The first kappa shape index (κ1) is 23.6. The maximum absolute atomic E-state index is 13.0. The predicted molar refractivity (Wildman–Crippen MR) is 128 cm³/mol. The minimum absolute atomic E-state index is 0.152. The van der Waals surface area contributed by atoms with Gasteiger partial charge in [0.15, 0.2) is 0 Å². The Morgan fingerprint density at radius 2 is 1.97 bits per heavy atom. The summed E-state index contributed by atoms with van der Waals surface area (Å²) in [5.74, 6) is 11.1. The Balaban J connectivity index is 1.80. The minimum Gasteiger partial charge on any atom is -0.456 e. The molecule has 1 aromatic carbocycles. The summed E-state index contributed by atoms with van der Waals surface area (Å²) in [6, 6.07) is 10.5. The number of carbonyl (C=O) groups is 1. The molecule has 0 saturated carbocycles. The van der Waals surface area contributed by atoms with Crippen molar-refractivity contribution in [2.24, 2.45) is 11.6 Å². The number of benzene rings is 1. The molecule has 0 saturated heterocycles. The molecular formula is C25H27N5O3. The van der Waals surface area contributed by atoms with Gasteiger partial charge in [-0.3, -0.25) is 4.79 Å². The Hall–Kier alpha value is -4.09. The lowest BCUT2D eigenvalue weighted by molar-refractivity contribution is 0.00695. The first-order valence-corrected chi connectivity index (χ1v) is 10.4. The third-order valence-corrected chi connectivity index (χ3v) is 4.56. The van der Waals surface area contributed by atoms with Gasteiger partial charge in [-0.25, -0.2) is 15.6 Å². The van der Waals surface area contributed by atoms with Gasteiger partial charge in [0.1, 0.15) is 11.3 Å². The van der Waals surface area contributed by atoms with Crippen LogP contribution in [0.1, 0.15) is 42.4 Å². The molecule has 0 aliphatic rings. The predicted octanol–water partition coefficient (Wildman–Crippen LogP) is 2.36. The molecule has 4 N–H and O–H groups in total. The van der Waals surface area contributed by atoms with Crippen LogP contribution in [0, 0.1) is 11.8 Å². The molecule has 3 rings (SSSR count). The zero-order valence-corrected chi connectivity index (χ0v) is 18.9. The van der Waals surface area contributed by atoms with E-state index < -0.39 is 5.60 Å². The van der Waals surface area contributed by atoms with Crippen LogP contribution in [0.4, 0.5) is 0 Å². The lowest BCUT2D eigenvalue weighted by Crippen LogP contribution is -2.25. The number of hydrazine groups is 1. The van der Waals surface area contributed by atoms with Crippen LogP contribution in [0.15, 0.2) is 66.0 Å². The van der Waals surface area contributed by atoms with Gasteiger partial charge in [-0.1, -0.05) is 18.1 Å². The van der Waals surface area contributed by atoms with E-state index in [2.05, 4.69) is 16.8 Å². The number of fused-ring (bicyclic) bond motifs is 1. The number of nitrogens with zero attached hydrogens (tertiary/aromatic N) is 3. The van der Waals surface area contributed by atoms with Gasteiger partial charge in [-0.15, -0.1) is 0 Å². The lowest BCUT2D eigenvalue weighted by atomic mass is 10.1. The van der Waals surface area contributed by atoms with E-state index in [0.717, 1.165) is 10.9 Å². The number of hydrogen-bond donors (Lipinski definition) is 2. The van der Waals surface area contributed by atoms with Gasteiger partial charge < -0.3 is 20.0 Å². The molecule has 0 radical (unpaired) electrons. The van der Waals surface area contributed by atoms with Crippen LogP contribution in [0.5, 0.6) is 0 Å². The van der Waals surface area contributed by atoms with Crippen molar-refractivity contribution in [3.05, 3.63) is 88.4 Å². The molecular weight excluding hydrogens is 418 g/mol. The summed E-state index contributed by atoms with van der Waals surface area (Å²) in [6.07, 6.45) is 6.18. The van der Waals surface area contributed by atoms with Crippen LogP contribution in [0.3, 0.4) is 0 Å². The second-order valence-electron chi connectivity index (χ2n) is 8.42. The minimum atomic E-state index is -0.558. The van der Waals surface area contributed by atoms with Crippen LogP contribution in [-0.2, 0) is 11.3 Å². The van der Waals surface area contributed by atoms with Gasteiger partial charge in [0, 0.05) is 30.2 Å². The highest BCUT2D eigenvalue weighted by atomic mass is 16.6. The number of ether oxygens (including phenoxy) is 1. The molecule has 0 spiro atoms. The number of rotatable bonds is 5. The summed E-state index contributed by atoms with van der Waals surface area (Å²) < 4.78 is 6.99. The Kier molecular flexibility index (Phi) is 7.16. The summed E-state index contributed by atoms with van der Waals surface area (Å²) in [7, 11) is 0. The summed E-state index contributed by atoms with van der Waals surface area (Å²) in [5, 5.41) is 2.59. The zero-order valence-electron chi connectivity index (χ0n) is 18.9. The highest BCUT2D eigenvalue weighted by molar-refractivity contribution is 5.89. The van der Waals surface area contributed by atoms with Gasteiger partial charge in [-0.05, 0) is 56.5 Å². The van der Waals surface area contributed by atoms with Crippen molar-refractivity contribution in [3.8, 4) is 11.8 Å². The average molecular weight is 446 g/mol. The zero-order chi connectivity index (χ0) is 24.0. The van der Waals surface area contributed by atoms with Gasteiger partial charge in [0.05, 0.1) is 24.0 Å². The molecule has 33 heavy (non-hydrogen) atoms. The third-order valence-electron chi connectivity index (χ3n) is 4.56. The normalized spacial score (nSPS) is 11.3.